The molecule has 2 heterocycles. The zero-order valence-corrected chi connectivity index (χ0v) is 10.8. The fourth-order valence-electron chi connectivity index (χ4n) is 1.95. The minimum absolute atomic E-state index is 0.00271. The van der Waals surface area contributed by atoms with Crippen LogP contribution in [0.15, 0.2) is 35.1 Å². The summed E-state index contributed by atoms with van der Waals surface area (Å²) in [5.74, 6) is 0.912. The quantitative estimate of drug-likeness (QED) is 0.880. The molecule has 0 saturated carbocycles. The summed E-state index contributed by atoms with van der Waals surface area (Å²) in [5, 5.41) is 9.39. The van der Waals surface area contributed by atoms with Crippen molar-refractivity contribution in [3.8, 4) is 0 Å². The predicted octanol–water partition coefficient (Wildman–Crippen LogP) is 2.50. The second-order valence-corrected chi connectivity index (χ2v) is 4.21. The molecule has 0 aromatic carbocycles. The van der Waals surface area contributed by atoms with Crippen LogP contribution in [0.1, 0.15) is 23.9 Å². The zero-order valence-electron chi connectivity index (χ0n) is 10.8. The first-order chi connectivity index (χ1) is 8.74. The molecule has 96 valence electrons. The maximum absolute atomic E-state index is 9.39. The lowest BCUT2D eigenvalue weighted by atomic mass is 10.2. The van der Waals surface area contributed by atoms with Crippen LogP contribution in [0, 0.1) is 6.92 Å². The molecule has 0 atom stereocenters. The molecule has 0 spiro atoms. The van der Waals surface area contributed by atoms with E-state index in [4.69, 9.17) is 4.42 Å². The summed E-state index contributed by atoms with van der Waals surface area (Å²) in [6.45, 7) is 5.57. The van der Waals surface area contributed by atoms with Gasteiger partial charge in [0, 0.05) is 29.7 Å². The van der Waals surface area contributed by atoms with Crippen LogP contribution in [0.3, 0.4) is 0 Å². The topological polar surface area (TPSA) is 49.5 Å². The highest BCUT2D eigenvalue weighted by Gasteiger charge is 2.12. The number of aliphatic hydroxyl groups excluding tert-OH is 1. The summed E-state index contributed by atoms with van der Waals surface area (Å²) in [7, 11) is 0. The number of aromatic nitrogens is 1. The Balaban J connectivity index is 2.28. The molecule has 2 rings (SSSR count). The molecule has 0 aliphatic heterocycles. The van der Waals surface area contributed by atoms with Gasteiger partial charge in [-0.2, -0.15) is 0 Å². The predicted molar refractivity (Wildman–Crippen MR) is 70.3 cm³/mol. The van der Waals surface area contributed by atoms with Gasteiger partial charge in [0.1, 0.15) is 5.76 Å². The number of hydrogen-bond donors (Lipinski definition) is 1. The molecule has 18 heavy (non-hydrogen) atoms. The Kier molecular flexibility index (Phi) is 3.99. The highest BCUT2D eigenvalue weighted by atomic mass is 16.3. The van der Waals surface area contributed by atoms with Crippen molar-refractivity contribution in [2.75, 3.05) is 11.4 Å². The van der Waals surface area contributed by atoms with Gasteiger partial charge in [0.2, 0.25) is 0 Å². The summed E-state index contributed by atoms with van der Waals surface area (Å²) in [6.07, 6.45) is 3.41. The molecule has 0 unspecified atom stereocenters. The average Bonchev–Trinajstić information content (AvgIpc) is 2.88. The van der Waals surface area contributed by atoms with Crippen molar-refractivity contribution >= 4 is 5.69 Å². The Morgan fingerprint density at radius 1 is 1.44 bits per heavy atom. The average molecular weight is 246 g/mol. The highest BCUT2D eigenvalue weighted by molar-refractivity contribution is 5.53. The number of rotatable bonds is 5. The molecular weight excluding hydrogens is 228 g/mol. The molecule has 0 saturated heterocycles. The van der Waals surface area contributed by atoms with Crippen molar-refractivity contribution in [2.24, 2.45) is 0 Å². The number of aliphatic hydroxyl groups is 1. The van der Waals surface area contributed by atoms with Gasteiger partial charge in [-0.1, -0.05) is 0 Å². The van der Waals surface area contributed by atoms with E-state index >= 15 is 0 Å². The molecule has 1 N–H and O–H groups in total. The van der Waals surface area contributed by atoms with Crippen LogP contribution in [0.2, 0.25) is 0 Å². The second kappa shape index (κ2) is 5.69. The Hall–Kier alpha value is -1.81. The fraction of sp³-hybridized carbons (Fsp3) is 0.357. The van der Waals surface area contributed by atoms with Crippen LogP contribution >= 0.6 is 0 Å². The third kappa shape index (κ3) is 2.71. The van der Waals surface area contributed by atoms with Gasteiger partial charge < -0.3 is 14.4 Å². The lowest BCUT2D eigenvalue weighted by Gasteiger charge is -2.24. The number of anilines is 1. The third-order valence-corrected chi connectivity index (χ3v) is 2.92. The molecule has 0 amide bonds. The first-order valence-corrected chi connectivity index (χ1v) is 6.08. The fourth-order valence-corrected chi connectivity index (χ4v) is 1.95. The van der Waals surface area contributed by atoms with Crippen molar-refractivity contribution in [1.29, 1.82) is 0 Å². The maximum Gasteiger partial charge on any atom is 0.123 e. The number of nitrogens with zero attached hydrogens (tertiary/aromatic N) is 2. The monoisotopic (exact) mass is 246 g/mol. The van der Waals surface area contributed by atoms with Crippen LogP contribution in [0.4, 0.5) is 5.69 Å². The van der Waals surface area contributed by atoms with E-state index in [0.717, 1.165) is 29.2 Å². The summed E-state index contributed by atoms with van der Waals surface area (Å²) >= 11 is 0. The van der Waals surface area contributed by atoms with E-state index in [1.807, 2.05) is 25.1 Å². The number of hydrogen-bond acceptors (Lipinski definition) is 4. The standard InChI is InChI=1S/C14H18N2O2/c1-3-16(9-13-5-4-6-18-13)14-7-11(2)15-8-12(14)10-17/h4-8,17H,3,9-10H2,1-2H3. The van der Waals surface area contributed by atoms with E-state index in [0.29, 0.717) is 6.54 Å². The maximum atomic E-state index is 9.39. The van der Waals surface area contributed by atoms with E-state index in [1.54, 1.807) is 12.5 Å². The van der Waals surface area contributed by atoms with Crippen LogP contribution in [0.5, 0.6) is 0 Å². The van der Waals surface area contributed by atoms with Gasteiger partial charge in [-0.3, -0.25) is 4.98 Å². The van der Waals surface area contributed by atoms with Gasteiger partial charge in [0.05, 0.1) is 19.4 Å². The molecule has 0 bridgehead atoms. The van der Waals surface area contributed by atoms with Gasteiger partial charge in [-0.05, 0) is 32.0 Å². The van der Waals surface area contributed by atoms with E-state index < -0.39 is 0 Å². The third-order valence-electron chi connectivity index (χ3n) is 2.92. The van der Waals surface area contributed by atoms with E-state index in [9.17, 15) is 5.11 Å². The molecule has 0 aliphatic carbocycles. The van der Waals surface area contributed by atoms with Crippen molar-refractivity contribution in [2.45, 2.75) is 27.0 Å². The molecular formula is C14H18N2O2. The Bertz CT molecular complexity index is 495. The van der Waals surface area contributed by atoms with Gasteiger partial charge in [0.25, 0.3) is 0 Å². The van der Waals surface area contributed by atoms with Crippen LogP contribution in [0.25, 0.3) is 0 Å². The summed E-state index contributed by atoms with van der Waals surface area (Å²) in [4.78, 5) is 6.38. The van der Waals surface area contributed by atoms with Crippen LogP contribution in [-0.2, 0) is 13.2 Å². The SMILES string of the molecule is CCN(Cc1ccco1)c1cc(C)ncc1CO. The first kappa shape index (κ1) is 12.6. The second-order valence-electron chi connectivity index (χ2n) is 4.21. The first-order valence-electron chi connectivity index (χ1n) is 6.08. The Morgan fingerprint density at radius 2 is 2.28 bits per heavy atom. The number of furan rings is 1. The Morgan fingerprint density at radius 3 is 2.89 bits per heavy atom. The van der Waals surface area contributed by atoms with E-state index in [2.05, 4.69) is 16.8 Å². The molecule has 0 aliphatic rings. The lowest BCUT2D eigenvalue weighted by Crippen LogP contribution is -2.23. The Labute approximate surface area is 107 Å². The minimum Gasteiger partial charge on any atom is -0.467 e. The van der Waals surface area contributed by atoms with Gasteiger partial charge in [0.15, 0.2) is 0 Å². The number of pyridine rings is 1. The van der Waals surface area contributed by atoms with Crippen molar-refractivity contribution in [1.82, 2.24) is 4.98 Å². The number of aryl methyl sites for hydroxylation is 1. The summed E-state index contributed by atoms with van der Waals surface area (Å²) < 4.78 is 5.37. The van der Waals surface area contributed by atoms with E-state index in [-0.39, 0.29) is 6.61 Å². The van der Waals surface area contributed by atoms with Crippen molar-refractivity contribution < 1.29 is 9.52 Å². The molecule has 4 nitrogen and oxygen atoms in total. The van der Waals surface area contributed by atoms with Gasteiger partial charge >= 0.3 is 0 Å². The smallest absolute Gasteiger partial charge is 0.123 e. The molecule has 2 aromatic rings. The molecule has 2 aromatic heterocycles. The molecule has 4 heteroatoms. The van der Waals surface area contributed by atoms with E-state index in [1.165, 1.54) is 0 Å². The van der Waals surface area contributed by atoms with Crippen LogP contribution in [-0.4, -0.2) is 16.6 Å². The summed E-state index contributed by atoms with van der Waals surface area (Å²) in [5.41, 5.74) is 2.80. The molecule has 0 fully saturated rings. The zero-order chi connectivity index (χ0) is 13.0. The summed E-state index contributed by atoms with van der Waals surface area (Å²) in [6, 6.07) is 5.83. The van der Waals surface area contributed by atoms with Gasteiger partial charge in [-0.25, -0.2) is 0 Å². The molecule has 0 radical (unpaired) electrons. The minimum atomic E-state index is -0.00271. The largest absolute Gasteiger partial charge is 0.467 e. The van der Waals surface area contributed by atoms with Crippen molar-refractivity contribution in [3.05, 3.63) is 47.7 Å². The van der Waals surface area contributed by atoms with Crippen molar-refractivity contribution in [3.63, 3.8) is 0 Å². The normalized spacial score (nSPS) is 10.6. The highest BCUT2D eigenvalue weighted by Crippen LogP contribution is 2.23. The lowest BCUT2D eigenvalue weighted by molar-refractivity contribution is 0.281. The van der Waals surface area contributed by atoms with Crippen LogP contribution < -0.4 is 4.90 Å². The van der Waals surface area contributed by atoms with Gasteiger partial charge in [-0.15, -0.1) is 0 Å².